The van der Waals surface area contributed by atoms with E-state index < -0.39 is 5.63 Å². The summed E-state index contributed by atoms with van der Waals surface area (Å²) in [6, 6.07) is 9.11. The number of carbonyl (C=O) groups excluding carboxylic acids is 1. The van der Waals surface area contributed by atoms with Gasteiger partial charge in [0, 0.05) is 30.6 Å². The fraction of sp³-hybridized carbons (Fsp3) is 0.375. The molecule has 1 aromatic heterocycles. The molecular formula is C16H18N2O3. The lowest BCUT2D eigenvalue weighted by molar-refractivity contribution is 0.0612. The van der Waals surface area contributed by atoms with E-state index in [9.17, 15) is 9.59 Å². The molecule has 2 heterocycles. The van der Waals surface area contributed by atoms with Gasteiger partial charge in [-0.3, -0.25) is 4.79 Å². The van der Waals surface area contributed by atoms with Crippen molar-refractivity contribution in [2.45, 2.75) is 25.9 Å². The van der Waals surface area contributed by atoms with Crippen molar-refractivity contribution in [2.24, 2.45) is 0 Å². The average molecular weight is 286 g/mol. The maximum Gasteiger partial charge on any atom is 0.349 e. The fourth-order valence-electron chi connectivity index (χ4n) is 2.67. The summed E-state index contributed by atoms with van der Waals surface area (Å²) >= 11 is 0. The molecule has 1 aliphatic rings. The normalized spacial score (nSPS) is 22.5. The molecule has 1 amide bonds. The Labute approximate surface area is 122 Å². The summed E-state index contributed by atoms with van der Waals surface area (Å²) < 4.78 is 5.25. The summed E-state index contributed by atoms with van der Waals surface area (Å²) in [5.74, 6) is -0.254. The fourth-order valence-corrected chi connectivity index (χ4v) is 2.67. The van der Waals surface area contributed by atoms with Crippen LogP contribution in [-0.4, -0.2) is 36.0 Å². The topological polar surface area (TPSA) is 62.6 Å². The molecule has 2 aromatic rings. The number of benzene rings is 1. The number of amides is 1. The molecule has 0 bridgehead atoms. The lowest BCUT2D eigenvalue weighted by Crippen LogP contribution is -2.56. The molecule has 0 aliphatic carbocycles. The highest BCUT2D eigenvalue weighted by molar-refractivity contribution is 5.96. The number of hydrogen-bond donors (Lipinski definition) is 1. The number of nitrogens with zero attached hydrogens (tertiary/aromatic N) is 1. The van der Waals surface area contributed by atoms with Crippen LogP contribution in [0.1, 0.15) is 24.2 Å². The Hall–Kier alpha value is -2.14. The Morgan fingerprint density at radius 1 is 1.33 bits per heavy atom. The number of carbonyl (C=O) groups is 1. The second-order valence-corrected chi connectivity index (χ2v) is 5.60. The highest BCUT2D eigenvalue weighted by Gasteiger charge is 2.29. The van der Waals surface area contributed by atoms with Gasteiger partial charge >= 0.3 is 5.63 Å². The molecule has 0 saturated carbocycles. The Kier molecular flexibility index (Phi) is 3.51. The molecule has 1 aliphatic heterocycles. The molecule has 1 aromatic carbocycles. The van der Waals surface area contributed by atoms with E-state index in [0.717, 1.165) is 11.9 Å². The van der Waals surface area contributed by atoms with Crippen LogP contribution in [0, 0.1) is 0 Å². The number of fused-ring (bicyclic) bond motifs is 1. The third-order valence-corrected chi connectivity index (χ3v) is 3.90. The van der Waals surface area contributed by atoms with Gasteiger partial charge in [0.15, 0.2) is 0 Å². The van der Waals surface area contributed by atoms with Crippen LogP contribution < -0.4 is 10.9 Å². The minimum Gasteiger partial charge on any atom is -0.422 e. The Morgan fingerprint density at radius 2 is 2.10 bits per heavy atom. The summed E-state index contributed by atoms with van der Waals surface area (Å²) in [7, 11) is 0. The molecule has 110 valence electrons. The lowest BCUT2D eigenvalue weighted by atomic mass is 10.1. The predicted molar refractivity (Wildman–Crippen MR) is 80.4 cm³/mol. The molecular weight excluding hydrogens is 268 g/mol. The Bertz CT molecular complexity index is 738. The smallest absolute Gasteiger partial charge is 0.349 e. The van der Waals surface area contributed by atoms with Gasteiger partial charge in [-0.25, -0.2) is 4.79 Å². The summed E-state index contributed by atoms with van der Waals surface area (Å²) in [6.45, 7) is 5.31. The van der Waals surface area contributed by atoms with E-state index >= 15 is 0 Å². The van der Waals surface area contributed by atoms with Crippen molar-refractivity contribution in [3.63, 3.8) is 0 Å². The maximum absolute atomic E-state index is 12.7. The first kappa shape index (κ1) is 13.8. The van der Waals surface area contributed by atoms with E-state index in [4.69, 9.17) is 4.42 Å². The van der Waals surface area contributed by atoms with E-state index in [1.807, 2.05) is 26.0 Å². The third-order valence-electron chi connectivity index (χ3n) is 3.90. The highest BCUT2D eigenvalue weighted by atomic mass is 16.4. The standard InChI is InChI=1S/C16H18N2O3/c1-10-9-18(11(2)8-17-10)15(19)13-7-12-5-3-4-6-14(12)21-16(13)20/h3-7,10-11,17H,8-9H2,1-2H3. The largest absolute Gasteiger partial charge is 0.422 e. The first-order chi connectivity index (χ1) is 10.1. The molecule has 0 spiro atoms. The van der Waals surface area contributed by atoms with Crippen molar-refractivity contribution in [2.75, 3.05) is 13.1 Å². The number of rotatable bonds is 1. The SMILES string of the molecule is CC1CN(C(=O)c2cc3ccccc3oc2=O)C(C)CN1. The summed E-state index contributed by atoms with van der Waals surface area (Å²) in [6.07, 6.45) is 0. The minimum atomic E-state index is -0.572. The molecule has 1 N–H and O–H groups in total. The van der Waals surface area contributed by atoms with Crippen LogP contribution in [0.2, 0.25) is 0 Å². The quantitative estimate of drug-likeness (QED) is 0.809. The van der Waals surface area contributed by atoms with Gasteiger partial charge in [0.25, 0.3) is 5.91 Å². The highest BCUT2D eigenvalue weighted by Crippen LogP contribution is 2.16. The zero-order valence-corrected chi connectivity index (χ0v) is 12.1. The molecule has 5 heteroatoms. The van der Waals surface area contributed by atoms with Crippen molar-refractivity contribution >= 4 is 16.9 Å². The second-order valence-electron chi connectivity index (χ2n) is 5.60. The van der Waals surface area contributed by atoms with Gasteiger partial charge in [-0.2, -0.15) is 0 Å². The zero-order valence-electron chi connectivity index (χ0n) is 12.1. The van der Waals surface area contributed by atoms with Crippen LogP contribution in [0.15, 0.2) is 39.5 Å². The van der Waals surface area contributed by atoms with Crippen molar-refractivity contribution in [1.82, 2.24) is 10.2 Å². The van der Waals surface area contributed by atoms with Crippen LogP contribution in [0.3, 0.4) is 0 Å². The summed E-state index contributed by atoms with van der Waals surface area (Å²) in [5.41, 5.74) is 0.0347. The molecule has 21 heavy (non-hydrogen) atoms. The van der Waals surface area contributed by atoms with Gasteiger partial charge < -0.3 is 14.6 Å². The van der Waals surface area contributed by atoms with Crippen molar-refractivity contribution < 1.29 is 9.21 Å². The minimum absolute atomic E-state index is 0.0552. The molecule has 2 atom stereocenters. The van der Waals surface area contributed by atoms with E-state index in [-0.39, 0.29) is 23.6 Å². The third kappa shape index (κ3) is 2.56. The van der Waals surface area contributed by atoms with Gasteiger partial charge in [0.2, 0.25) is 0 Å². The van der Waals surface area contributed by atoms with Gasteiger partial charge in [0.1, 0.15) is 11.1 Å². The van der Waals surface area contributed by atoms with Crippen molar-refractivity contribution in [3.05, 3.63) is 46.3 Å². The molecule has 1 saturated heterocycles. The molecule has 0 radical (unpaired) electrons. The number of nitrogens with one attached hydrogen (secondary N) is 1. The van der Waals surface area contributed by atoms with Crippen LogP contribution in [0.25, 0.3) is 11.0 Å². The molecule has 3 rings (SSSR count). The van der Waals surface area contributed by atoms with E-state index in [2.05, 4.69) is 5.32 Å². The monoisotopic (exact) mass is 286 g/mol. The predicted octanol–water partition coefficient (Wildman–Crippen LogP) is 1.62. The summed E-state index contributed by atoms with van der Waals surface area (Å²) in [5, 5.41) is 4.08. The zero-order chi connectivity index (χ0) is 15.0. The maximum atomic E-state index is 12.7. The van der Waals surface area contributed by atoms with Gasteiger partial charge in [-0.1, -0.05) is 18.2 Å². The van der Waals surface area contributed by atoms with Crippen LogP contribution in [0.4, 0.5) is 0 Å². The number of hydrogen-bond acceptors (Lipinski definition) is 4. The Balaban J connectivity index is 2.01. The summed E-state index contributed by atoms with van der Waals surface area (Å²) in [4.78, 5) is 26.5. The first-order valence-corrected chi connectivity index (χ1v) is 7.13. The van der Waals surface area contributed by atoms with E-state index in [1.54, 1.807) is 23.1 Å². The molecule has 1 fully saturated rings. The van der Waals surface area contributed by atoms with Crippen molar-refractivity contribution in [1.29, 1.82) is 0 Å². The van der Waals surface area contributed by atoms with Crippen LogP contribution in [0.5, 0.6) is 0 Å². The van der Waals surface area contributed by atoms with Crippen LogP contribution >= 0.6 is 0 Å². The first-order valence-electron chi connectivity index (χ1n) is 7.13. The van der Waals surface area contributed by atoms with Gasteiger partial charge in [-0.05, 0) is 26.0 Å². The van der Waals surface area contributed by atoms with Gasteiger partial charge in [0.05, 0.1) is 0 Å². The number of piperazine rings is 1. The molecule has 2 unspecified atom stereocenters. The molecule has 5 nitrogen and oxygen atoms in total. The van der Waals surface area contributed by atoms with Gasteiger partial charge in [-0.15, -0.1) is 0 Å². The lowest BCUT2D eigenvalue weighted by Gasteiger charge is -2.37. The second kappa shape index (κ2) is 5.33. The van der Waals surface area contributed by atoms with Crippen molar-refractivity contribution in [3.8, 4) is 0 Å². The van der Waals surface area contributed by atoms with E-state index in [1.165, 1.54) is 0 Å². The van der Waals surface area contributed by atoms with E-state index in [0.29, 0.717) is 12.1 Å². The van der Waals surface area contributed by atoms with Crippen LogP contribution in [-0.2, 0) is 0 Å². The Morgan fingerprint density at radius 3 is 2.90 bits per heavy atom. The average Bonchev–Trinajstić information content (AvgIpc) is 2.48. The number of para-hydroxylation sites is 1.